The van der Waals surface area contributed by atoms with Crippen LogP contribution >= 0.6 is 11.3 Å². The number of hydrogen-bond acceptors (Lipinski definition) is 4. The van der Waals surface area contributed by atoms with E-state index in [9.17, 15) is 9.59 Å². The van der Waals surface area contributed by atoms with Crippen LogP contribution in [0.25, 0.3) is 6.08 Å². The molecule has 1 atom stereocenters. The fourth-order valence-electron chi connectivity index (χ4n) is 1.59. The van der Waals surface area contributed by atoms with E-state index in [0.717, 1.165) is 5.56 Å². The molecule has 1 aromatic heterocycles. The molecule has 0 fully saturated rings. The maximum atomic E-state index is 11.7. The van der Waals surface area contributed by atoms with Gasteiger partial charge in [-0.2, -0.15) is 11.3 Å². The quantitative estimate of drug-likeness (QED) is 0.644. The Morgan fingerprint density at radius 2 is 2.21 bits per heavy atom. The van der Waals surface area contributed by atoms with E-state index < -0.39 is 12.0 Å². The molecule has 0 aliphatic rings. The predicted molar refractivity (Wildman–Crippen MR) is 76.8 cm³/mol. The molecule has 0 unspecified atom stereocenters. The Bertz CT molecular complexity index is 438. The van der Waals surface area contributed by atoms with E-state index in [2.05, 4.69) is 10.1 Å². The average molecular weight is 281 g/mol. The van der Waals surface area contributed by atoms with E-state index in [-0.39, 0.29) is 5.91 Å². The highest BCUT2D eigenvalue weighted by Crippen LogP contribution is 2.08. The molecule has 1 heterocycles. The third-order valence-electron chi connectivity index (χ3n) is 2.48. The van der Waals surface area contributed by atoms with Crippen molar-refractivity contribution in [3.05, 3.63) is 28.5 Å². The van der Waals surface area contributed by atoms with Crippen LogP contribution < -0.4 is 5.32 Å². The lowest BCUT2D eigenvalue weighted by molar-refractivity contribution is -0.145. The average Bonchev–Trinajstić information content (AvgIpc) is 2.87. The van der Waals surface area contributed by atoms with Crippen molar-refractivity contribution in [2.45, 2.75) is 26.3 Å². The summed E-state index contributed by atoms with van der Waals surface area (Å²) < 4.78 is 4.69. The summed E-state index contributed by atoms with van der Waals surface area (Å²) in [7, 11) is 1.32. The summed E-state index contributed by atoms with van der Waals surface area (Å²) in [5, 5.41) is 6.54. The first kappa shape index (κ1) is 15.4. The monoisotopic (exact) mass is 281 g/mol. The van der Waals surface area contributed by atoms with Crippen LogP contribution in [0.3, 0.4) is 0 Å². The number of methoxy groups -OCH3 is 1. The number of amides is 1. The summed E-state index contributed by atoms with van der Waals surface area (Å²) in [6.45, 7) is 3.98. The third-order valence-corrected chi connectivity index (χ3v) is 3.18. The van der Waals surface area contributed by atoms with E-state index in [1.165, 1.54) is 13.2 Å². The van der Waals surface area contributed by atoms with Crippen LogP contribution in [0.5, 0.6) is 0 Å². The highest BCUT2D eigenvalue weighted by Gasteiger charge is 2.21. The molecule has 0 saturated heterocycles. The second kappa shape index (κ2) is 7.74. The summed E-state index contributed by atoms with van der Waals surface area (Å²) >= 11 is 1.57. The number of nitrogens with one attached hydrogen (secondary N) is 1. The molecule has 0 aromatic carbocycles. The Morgan fingerprint density at radius 1 is 1.47 bits per heavy atom. The van der Waals surface area contributed by atoms with Gasteiger partial charge in [0, 0.05) is 6.08 Å². The van der Waals surface area contributed by atoms with Crippen molar-refractivity contribution in [2.75, 3.05) is 7.11 Å². The number of carbonyl (C=O) groups is 2. The molecule has 0 bridgehead atoms. The zero-order valence-electron chi connectivity index (χ0n) is 11.4. The number of thiophene rings is 1. The molecule has 0 aliphatic heterocycles. The Morgan fingerprint density at radius 3 is 2.74 bits per heavy atom. The molecular formula is C14H19NO3S. The van der Waals surface area contributed by atoms with Gasteiger partial charge >= 0.3 is 5.97 Å². The van der Waals surface area contributed by atoms with E-state index in [1.54, 1.807) is 17.4 Å². The zero-order valence-corrected chi connectivity index (χ0v) is 12.2. The molecule has 1 rings (SSSR count). The molecule has 5 heteroatoms. The van der Waals surface area contributed by atoms with E-state index in [4.69, 9.17) is 0 Å². The van der Waals surface area contributed by atoms with Crippen molar-refractivity contribution in [1.29, 1.82) is 0 Å². The fourth-order valence-corrected chi connectivity index (χ4v) is 2.22. The number of esters is 1. The van der Waals surface area contributed by atoms with Crippen molar-refractivity contribution < 1.29 is 14.3 Å². The van der Waals surface area contributed by atoms with Gasteiger partial charge in [0.25, 0.3) is 0 Å². The molecule has 0 aliphatic carbocycles. The predicted octanol–water partition coefficient (Wildman–Crippen LogP) is 2.47. The van der Waals surface area contributed by atoms with Crippen molar-refractivity contribution in [2.24, 2.45) is 5.92 Å². The third kappa shape index (κ3) is 5.70. The maximum Gasteiger partial charge on any atom is 0.328 e. The maximum absolute atomic E-state index is 11.7. The first-order chi connectivity index (χ1) is 9.02. The van der Waals surface area contributed by atoms with Crippen molar-refractivity contribution in [1.82, 2.24) is 5.32 Å². The van der Waals surface area contributed by atoms with Gasteiger partial charge in [0.1, 0.15) is 6.04 Å². The topological polar surface area (TPSA) is 55.4 Å². The lowest BCUT2D eigenvalue weighted by atomic mass is 10.0. The van der Waals surface area contributed by atoms with Gasteiger partial charge in [0.2, 0.25) is 5.91 Å². The summed E-state index contributed by atoms with van der Waals surface area (Å²) in [6, 6.07) is 1.32. The Balaban J connectivity index is 2.58. The normalized spacial score (nSPS) is 12.6. The van der Waals surface area contributed by atoms with Gasteiger partial charge in [-0.15, -0.1) is 0 Å². The van der Waals surface area contributed by atoms with Crippen LogP contribution in [0.1, 0.15) is 25.8 Å². The molecule has 0 radical (unpaired) electrons. The second-order valence-electron chi connectivity index (χ2n) is 4.60. The van der Waals surface area contributed by atoms with Crippen LogP contribution in [-0.2, 0) is 14.3 Å². The van der Waals surface area contributed by atoms with Crippen molar-refractivity contribution >= 4 is 29.3 Å². The van der Waals surface area contributed by atoms with E-state index >= 15 is 0 Å². The SMILES string of the molecule is COC(=O)[C@@H](CC(C)C)NC(=O)/C=C/c1ccsc1. The first-order valence-electron chi connectivity index (χ1n) is 6.11. The molecule has 4 nitrogen and oxygen atoms in total. The smallest absolute Gasteiger partial charge is 0.328 e. The minimum absolute atomic E-state index is 0.290. The number of hydrogen-bond donors (Lipinski definition) is 1. The lowest BCUT2D eigenvalue weighted by Crippen LogP contribution is -2.41. The van der Waals surface area contributed by atoms with Gasteiger partial charge in [0.05, 0.1) is 7.11 Å². The van der Waals surface area contributed by atoms with Crippen LogP contribution in [0, 0.1) is 5.92 Å². The highest BCUT2D eigenvalue weighted by molar-refractivity contribution is 7.08. The number of carbonyl (C=O) groups excluding carboxylic acids is 2. The largest absolute Gasteiger partial charge is 0.467 e. The Kier molecular flexibility index (Phi) is 6.29. The molecule has 19 heavy (non-hydrogen) atoms. The highest BCUT2D eigenvalue weighted by atomic mass is 32.1. The minimum Gasteiger partial charge on any atom is -0.467 e. The van der Waals surface area contributed by atoms with Crippen LogP contribution in [0.15, 0.2) is 22.9 Å². The van der Waals surface area contributed by atoms with E-state index in [1.807, 2.05) is 30.7 Å². The second-order valence-corrected chi connectivity index (χ2v) is 5.38. The summed E-state index contributed by atoms with van der Waals surface area (Å²) in [6.07, 6.45) is 3.71. The van der Waals surface area contributed by atoms with Crippen LogP contribution in [0.2, 0.25) is 0 Å². The summed E-state index contributed by atoms with van der Waals surface area (Å²) in [5.74, 6) is -0.404. The van der Waals surface area contributed by atoms with Gasteiger partial charge in [-0.05, 0) is 40.8 Å². The van der Waals surface area contributed by atoms with Crippen LogP contribution in [-0.4, -0.2) is 25.0 Å². The molecule has 1 N–H and O–H groups in total. The van der Waals surface area contributed by atoms with Gasteiger partial charge in [0.15, 0.2) is 0 Å². The molecule has 104 valence electrons. The van der Waals surface area contributed by atoms with Crippen molar-refractivity contribution in [3.63, 3.8) is 0 Å². The fraction of sp³-hybridized carbons (Fsp3) is 0.429. The van der Waals surface area contributed by atoms with Gasteiger partial charge in [-0.25, -0.2) is 4.79 Å². The van der Waals surface area contributed by atoms with Gasteiger partial charge < -0.3 is 10.1 Å². The summed E-state index contributed by atoms with van der Waals surface area (Å²) in [4.78, 5) is 23.3. The number of ether oxygens (including phenoxy) is 1. The summed E-state index contributed by atoms with van der Waals surface area (Å²) in [5.41, 5.74) is 0.971. The van der Waals surface area contributed by atoms with E-state index in [0.29, 0.717) is 12.3 Å². The van der Waals surface area contributed by atoms with Crippen LogP contribution in [0.4, 0.5) is 0 Å². The Hall–Kier alpha value is -1.62. The molecule has 1 amide bonds. The molecular weight excluding hydrogens is 262 g/mol. The minimum atomic E-state index is -0.593. The molecule has 0 saturated carbocycles. The van der Waals surface area contributed by atoms with Gasteiger partial charge in [-0.3, -0.25) is 4.79 Å². The Labute approximate surface area is 117 Å². The molecule has 0 spiro atoms. The zero-order chi connectivity index (χ0) is 14.3. The lowest BCUT2D eigenvalue weighted by Gasteiger charge is -2.17. The number of rotatable bonds is 6. The van der Waals surface area contributed by atoms with Crippen molar-refractivity contribution in [3.8, 4) is 0 Å². The standard InChI is InChI=1S/C14H19NO3S/c1-10(2)8-12(14(17)18-3)15-13(16)5-4-11-6-7-19-9-11/h4-7,9-10,12H,8H2,1-3H3,(H,15,16)/b5-4+/t12-/m1/s1. The van der Waals surface area contributed by atoms with Gasteiger partial charge in [-0.1, -0.05) is 13.8 Å². The molecule has 1 aromatic rings. The first-order valence-corrected chi connectivity index (χ1v) is 7.05.